The zero-order valence-electron chi connectivity index (χ0n) is 12.2. The Hall–Kier alpha value is -1.96. The lowest BCUT2D eigenvalue weighted by Gasteiger charge is -2.33. The Kier molecular flexibility index (Phi) is 4.67. The summed E-state index contributed by atoms with van der Waals surface area (Å²) in [7, 11) is 0. The van der Waals surface area contributed by atoms with E-state index in [1.165, 1.54) is 17.7 Å². The number of hydrogen-bond acceptors (Lipinski definition) is 2. The van der Waals surface area contributed by atoms with Crippen LogP contribution in [-0.2, 0) is 6.42 Å². The molecule has 0 fully saturated rings. The fraction of sp³-hybridized carbons (Fsp3) is 0.333. The highest BCUT2D eigenvalue weighted by Crippen LogP contribution is 2.31. The van der Waals surface area contributed by atoms with Crippen LogP contribution in [0.4, 0.5) is 5.69 Å². The molecule has 1 aromatic rings. The molecule has 0 amide bonds. The summed E-state index contributed by atoms with van der Waals surface area (Å²) in [5.74, 6) is 0.716. The fourth-order valence-electron chi connectivity index (χ4n) is 2.63. The minimum atomic E-state index is 0.341. The van der Waals surface area contributed by atoms with Gasteiger partial charge in [0.25, 0.3) is 0 Å². The molecule has 0 aromatic heterocycles. The van der Waals surface area contributed by atoms with E-state index >= 15 is 0 Å². The van der Waals surface area contributed by atoms with Crippen LogP contribution in [0.25, 0.3) is 0 Å². The maximum Gasteiger partial charge on any atom is 0.117 e. The molecule has 0 aliphatic carbocycles. The van der Waals surface area contributed by atoms with Gasteiger partial charge < -0.3 is 10.0 Å². The summed E-state index contributed by atoms with van der Waals surface area (Å²) in [5, 5.41) is 9.70. The number of benzene rings is 1. The molecule has 1 aromatic carbocycles. The van der Waals surface area contributed by atoms with Gasteiger partial charge in [-0.15, -0.1) is 0 Å². The summed E-state index contributed by atoms with van der Waals surface area (Å²) < 4.78 is 0. The van der Waals surface area contributed by atoms with Gasteiger partial charge in [-0.25, -0.2) is 0 Å². The SMILES string of the molecule is C=C/C=C\C(=C)C(C)CN1CCCc2ccc(O)cc21. The van der Waals surface area contributed by atoms with Crippen molar-refractivity contribution in [1.29, 1.82) is 0 Å². The second-order valence-electron chi connectivity index (χ2n) is 5.43. The molecular weight excluding hydrogens is 246 g/mol. The van der Waals surface area contributed by atoms with Crippen LogP contribution >= 0.6 is 0 Å². The van der Waals surface area contributed by atoms with Crippen LogP contribution in [0, 0.1) is 5.92 Å². The van der Waals surface area contributed by atoms with Crippen molar-refractivity contribution in [1.82, 2.24) is 0 Å². The van der Waals surface area contributed by atoms with Gasteiger partial charge in [0, 0.05) is 24.8 Å². The first-order valence-corrected chi connectivity index (χ1v) is 7.16. The molecule has 2 heteroatoms. The number of nitrogens with zero attached hydrogens (tertiary/aromatic N) is 1. The molecule has 1 heterocycles. The average molecular weight is 269 g/mol. The molecule has 0 saturated heterocycles. The normalized spacial score (nSPS) is 15.9. The number of phenols is 1. The highest BCUT2D eigenvalue weighted by molar-refractivity contribution is 5.58. The maximum atomic E-state index is 9.70. The first kappa shape index (κ1) is 14.4. The van der Waals surface area contributed by atoms with Crippen LogP contribution in [0.5, 0.6) is 5.75 Å². The summed E-state index contributed by atoms with van der Waals surface area (Å²) in [6.07, 6.45) is 7.98. The number of allylic oxidation sites excluding steroid dienone is 3. The molecular formula is C18H23NO. The fourth-order valence-corrected chi connectivity index (χ4v) is 2.63. The van der Waals surface area contributed by atoms with Crippen molar-refractivity contribution < 1.29 is 5.11 Å². The largest absolute Gasteiger partial charge is 0.508 e. The van der Waals surface area contributed by atoms with E-state index < -0.39 is 0 Å². The molecule has 1 atom stereocenters. The van der Waals surface area contributed by atoms with Gasteiger partial charge in [0.1, 0.15) is 5.75 Å². The topological polar surface area (TPSA) is 23.5 Å². The summed E-state index contributed by atoms with van der Waals surface area (Å²) in [6.45, 7) is 12.0. The van der Waals surface area contributed by atoms with E-state index in [4.69, 9.17) is 0 Å². The molecule has 1 aliphatic heterocycles. The van der Waals surface area contributed by atoms with Crippen molar-refractivity contribution in [2.75, 3.05) is 18.0 Å². The maximum absolute atomic E-state index is 9.70. The minimum Gasteiger partial charge on any atom is -0.508 e. The van der Waals surface area contributed by atoms with Crippen molar-refractivity contribution in [2.45, 2.75) is 19.8 Å². The van der Waals surface area contributed by atoms with Crippen LogP contribution in [0.3, 0.4) is 0 Å². The molecule has 0 radical (unpaired) electrons. The molecule has 2 nitrogen and oxygen atoms in total. The van der Waals surface area contributed by atoms with Crippen molar-refractivity contribution in [2.24, 2.45) is 5.92 Å². The molecule has 106 valence electrons. The van der Waals surface area contributed by atoms with Crippen LogP contribution in [0.2, 0.25) is 0 Å². The summed E-state index contributed by atoms with van der Waals surface area (Å²) in [5.41, 5.74) is 3.61. The summed E-state index contributed by atoms with van der Waals surface area (Å²) in [6, 6.07) is 5.69. The highest BCUT2D eigenvalue weighted by atomic mass is 16.3. The number of anilines is 1. The van der Waals surface area contributed by atoms with Crippen molar-refractivity contribution in [3.8, 4) is 5.75 Å². The Labute approximate surface area is 121 Å². The third-order valence-corrected chi connectivity index (χ3v) is 3.86. The summed E-state index contributed by atoms with van der Waals surface area (Å²) in [4.78, 5) is 2.36. The van der Waals surface area contributed by atoms with Gasteiger partial charge >= 0.3 is 0 Å². The third-order valence-electron chi connectivity index (χ3n) is 3.86. The Balaban J connectivity index is 2.11. The number of rotatable bonds is 5. The lowest BCUT2D eigenvalue weighted by molar-refractivity contribution is 0.474. The Bertz CT molecular complexity index is 530. The van der Waals surface area contributed by atoms with Gasteiger partial charge in [0.15, 0.2) is 0 Å². The van der Waals surface area contributed by atoms with E-state index in [2.05, 4.69) is 25.0 Å². The quantitative estimate of drug-likeness (QED) is 0.814. The second kappa shape index (κ2) is 6.47. The van der Waals surface area contributed by atoms with Crippen LogP contribution in [-0.4, -0.2) is 18.2 Å². The predicted molar refractivity (Wildman–Crippen MR) is 86.3 cm³/mol. The smallest absolute Gasteiger partial charge is 0.117 e. The van der Waals surface area contributed by atoms with E-state index in [1.807, 2.05) is 24.3 Å². The van der Waals surface area contributed by atoms with Gasteiger partial charge in [0.2, 0.25) is 0 Å². The van der Waals surface area contributed by atoms with Gasteiger partial charge in [-0.2, -0.15) is 0 Å². The first-order chi connectivity index (χ1) is 9.61. The van der Waals surface area contributed by atoms with Crippen molar-refractivity contribution in [3.63, 3.8) is 0 Å². The number of aryl methyl sites for hydroxylation is 1. The lowest BCUT2D eigenvalue weighted by Crippen LogP contribution is -2.33. The standard InChI is InChI=1S/C18H23NO/c1-4-5-7-14(2)15(3)13-19-11-6-8-16-9-10-17(20)12-18(16)19/h4-5,7,9-10,12,15,20H,1-2,6,8,11,13H2,3H3/b7-5-. The van der Waals surface area contributed by atoms with Crippen LogP contribution in [0.15, 0.2) is 55.2 Å². The summed E-state index contributed by atoms with van der Waals surface area (Å²) >= 11 is 0. The average Bonchev–Trinajstić information content (AvgIpc) is 2.45. The zero-order valence-corrected chi connectivity index (χ0v) is 12.2. The Morgan fingerprint density at radius 1 is 1.50 bits per heavy atom. The van der Waals surface area contributed by atoms with E-state index in [0.29, 0.717) is 11.7 Å². The van der Waals surface area contributed by atoms with E-state index in [1.54, 1.807) is 12.1 Å². The first-order valence-electron chi connectivity index (χ1n) is 7.16. The van der Waals surface area contributed by atoms with Crippen LogP contribution in [0.1, 0.15) is 18.9 Å². The van der Waals surface area contributed by atoms with Crippen LogP contribution < -0.4 is 4.90 Å². The van der Waals surface area contributed by atoms with Gasteiger partial charge in [0.05, 0.1) is 0 Å². The zero-order chi connectivity index (χ0) is 14.5. The molecule has 0 saturated carbocycles. The lowest BCUT2D eigenvalue weighted by atomic mass is 9.97. The third kappa shape index (κ3) is 3.32. The molecule has 1 unspecified atom stereocenters. The number of fused-ring (bicyclic) bond motifs is 1. The molecule has 0 bridgehead atoms. The molecule has 0 spiro atoms. The van der Waals surface area contributed by atoms with Gasteiger partial charge in [-0.1, -0.05) is 49.9 Å². The predicted octanol–water partition coefficient (Wildman–Crippen LogP) is 4.08. The number of hydrogen-bond donors (Lipinski definition) is 1. The van der Waals surface area contributed by atoms with Crippen molar-refractivity contribution in [3.05, 3.63) is 60.7 Å². The second-order valence-corrected chi connectivity index (χ2v) is 5.43. The van der Waals surface area contributed by atoms with Gasteiger partial charge in [-0.05, 0) is 30.4 Å². The molecule has 2 rings (SSSR count). The number of phenolic OH excluding ortho intramolecular Hbond substituents is 1. The van der Waals surface area contributed by atoms with Gasteiger partial charge in [-0.3, -0.25) is 0 Å². The van der Waals surface area contributed by atoms with Crippen molar-refractivity contribution >= 4 is 5.69 Å². The van der Waals surface area contributed by atoms with E-state index in [0.717, 1.165) is 25.1 Å². The number of aromatic hydroxyl groups is 1. The molecule has 1 N–H and O–H groups in total. The Morgan fingerprint density at radius 2 is 2.30 bits per heavy atom. The minimum absolute atomic E-state index is 0.341. The Morgan fingerprint density at radius 3 is 3.05 bits per heavy atom. The monoisotopic (exact) mass is 269 g/mol. The van der Waals surface area contributed by atoms with E-state index in [-0.39, 0.29) is 0 Å². The molecule has 1 aliphatic rings. The van der Waals surface area contributed by atoms with E-state index in [9.17, 15) is 5.11 Å². The molecule has 20 heavy (non-hydrogen) atoms. The highest BCUT2D eigenvalue weighted by Gasteiger charge is 2.19.